The number of hydrogen-bond acceptors (Lipinski definition) is 7. The second-order valence-electron chi connectivity index (χ2n) is 7.60. The molecular formula is C24H27N5O5S. The number of rotatable bonds is 10. The smallest absolute Gasteiger partial charge is 0.330 e. The van der Waals surface area contributed by atoms with Gasteiger partial charge in [-0.25, -0.2) is 4.79 Å². The minimum atomic E-state index is -0.745. The van der Waals surface area contributed by atoms with E-state index in [-0.39, 0.29) is 48.8 Å². The predicted molar refractivity (Wildman–Crippen MR) is 137 cm³/mol. The molecule has 35 heavy (non-hydrogen) atoms. The first-order valence-electron chi connectivity index (χ1n) is 10.8. The average molecular weight is 498 g/mol. The number of thioether (sulfide) groups is 1. The van der Waals surface area contributed by atoms with Gasteiger partial charge in [-0.3, -0.25) is 23.9 Å². The van der Waals surface area contributed by atoms with Gasteiger partial charge >= 0.3 is 5.69 Å². The number of H-pyrrole nitrogens is 1. The summed E-state index contributed by atoms with van der Waals surface area (Å²) in [5.74, 6) is -0.637. The van der Waals surface area contributed by atoms with E-state index in [1.807, 2.05) is 30.3 Å². The summed E-state index contributed by atoms with van der Waals surface area (Å²) in [6, 6.07) is 16.2. The lowest BCUT2D eigenvalue weighted by atomic mass is 10.2. The predicted octanol–water partition coefficient (Wildman–Crippen LogP) is 1.90. The molecule has 0 bridgehead atoms. The number of nitrogens with zero attached hydrogens (tertiary/aromatic N) is 2. The lowest BCUT2D eigenvalue weighted by Gasteiger charge is -2.24. The second kappa shape index (κ2) is 12.0. The Hall–Kier alpha value is -3.83. The van der Waals surface area contributed by atoms with Gasteiger partial charge in [0.1, 0.15) is 5.82 Å². The molecule has 3 rings (SSSR count). The lowest BCUT2D eigenvalue weighted by Crippen LogP contribution is -2.43. The number of aromatic amines is 1. The molecule has 184 valence electrons. The van der Waals surface area contributed by atoms with Crippen molar-refractivity contribution >= 4 is 40.8 Å². The monoisotopic (exact) mass is 497 g/mol. The van der Waals surface area contributed by atoms with E-state index >= 15 is 0 Å². The van der Waals surface area contributed by atoms with Crippen LogP contribution in [0.3, 0.4) is 0 Å². The summed E-state index contributed by atoms with van der Waals surface area (Å²) < 4.78 is 6.35. The quantitative estimate of drug-likeness (QED) is 0.364. The highest BCUT2D eigenvalue weighted by atomic mass is 32.2. The van der Waals surface area contributed by atoms with Gasteiger partial charge in [0.2, 0.25) is 11.8 Å². The van der Waals surface area contributed by atoms with Gasteiger partial charge in [0.25, 0.3) is 5.56 Å². The Labute approximate surface area is 206 Å². The van der Waals surface area contributed by atoms with E-state index in [4.69, 9.17) is 10.5 Å². The summed E-state index contributed by atoms with van der Waals surface area (Å²) in [5.41, 5.74) is 6.24. The Balaban J connectivity index is 1.86. The highest BCUT2D eigenvalue weighted by Gasteiger charge is 2.24. The Kier molecular flexibility index (Phi) is 8.87. The molecule has 3 aromatic rings. The van der Waals surface area contributed by atoms with E-state index in [1.165, 1.54) is 35.3 Å². The van der Waals surface area contributed by atoms with Crippen molar-refractivity contribution in [2.75, 3.05) is 42.0 Å². The molecule has 11 heteroatoms. The molecule has 0 aliphatic carbocycles. The topological polar surface area (TPSA) is 140 Å². The number of nitrogens with one attached hydrogen (secondary N) is 2. The Morgan fingerprint density at radius 2 is 1.80 bits per heavy atom. The zero-order valence-corrected chi connectivity index (χ0v) is 20.3. The van der Waals surface area contributed by atoms with Gasteiger partial charge in [0.15, 0.2) is 5.69 Å². The molecule has 0 aliphatic rings. The van der Waals surface area contributed by atoms with Crippen molar-refractivity contribution in [3.63, 3.8) is 0 Å². The van der Waals surface area contributed by atoms with Gasteiger partial charge in [-0.1, -0.05) is 30.3 Å². The number of benzene rings is 2. The highest BCUT2D eigenvalue weighted by molar-refractivity contribution is 8.00. The van der Waals surface area contributed by atoms with Crippen molar-refractivity contribution in [1.29, 1.82) is 0 Å². The third kappa shape index (κ3) is 6.84. The van der Waals surface area contributed by atoms with Crippen molar-refractivity contribution in [1.82, 2.24) is 9.55 Å². The number of methoxy groups -OCH3 is 1. The summed E-state index contributed by atoms with van der Waals surface area (Å²) >= 11 is 1.27. The van der Waals surface area contributed by atoms with Crippen LogP contribution >= 0.6 is 11.8 Å². The SMILES string of the molecule is COCCN(C(=O)CSc1ccc(NC(C)=O)cc1)c1c(N)n(Cc2ccccc2)c(=O)[nH]c1=O. The summed E-state index contributed by atoms with van der Waals surface area (Å²) in [7, 11) is 1.48. The molecule has 1 heterocycles. The van der Waals surface area contributed by atoms with Crippen LogP contribution in [0.5, 0.6) is 0 Å². The van der Waals surface area contributed by atoms with Gasteiger partial charge in [0, 0.05) is 31.2 Å². The van der Waals surface area contributed by atoms with E-state index in [0.29, 0.717) is 5.69 Å². The van der Waals surface area contributed by atoms with Crippen molar-refractivity contribution in [2.24, 2.45) is 0 Å². The standard InChI is InChI=1S/C24H27N5O5S/c1-16(30)26-18-8-10-19(11-9-18)35-15-20(31)28(12-13-34-2)21-22(25)29(24(33)27-23(21)32)14-17-6-4-3-5-7-17/h3-11H,12-15,25H2,1-2H3,(H,26,30)(H,27,32,33). The molecule has 0 aliphatic heterocycles. The number of carbonyl (C=O) groups is 2. The van der Waals surface area contributed by atoms with Crippen molar-refractivity contribution in [3.05, 3.63) is 81.0 Å². The van der Waals surface area contributed by atoms with Gasteiger partial charge < -0.3 is 20.7 Å². The van der Waals surface area contributed by atoms with E-state index < -0.39 is 11.2 Å². The van der Waals surface area contributed by atoms with Gasteiger partial charge in [-0.15, -0.1) is 11.8 Å². The van der Waals surface area contributed by atoms with Crippen LogP contribution in [0, 0.1) is 0 Å². The maximum absolute atomic E-state index is 13.2. The Morgan fingerprint density at radius 1 is 1.11 bits per heavy atom. The molecule has 4 N–H and O–H groups in total. The Bertz CT molecular complexity index is 1290. The summed E-state index contributed by atoms with van der Waals surface area (Å²) in [6.07, 6.45) is 0. The number of ether oxygens (including phenoxy) is 1. The van der Waals surface area contributed by atoms with Crippen LogP contribution < -0.4 is 27.2 Å². The zero-order chi connectivity index (χ0) is 25.4. The maximum atomic E-state index is 13.2. The number of nitrogen functional groups attached to an aromatic ring is 1. The van der Waals surface area contributed by atoms with Crippen LogP contribution in [0.2, 0.25) is 0 Å². The number of hydrogen-bond donors (Lipinski definition) is 3. The molecule has 2 amide bonds. The summed E-state index contributed by atoms with van der Waals surface area (Å²) in [4.78, 5) is 53.9. The highest BCUT2D eigenvalue weighted by Crippen LogP contribution is 2.23. The third-order valence-electron chi connectivity index (χ3n) is 5.02. The third-order valence-corrected chi connectivity index (χ3v) is 6.02. The maximum Gasteiger partial charge on any atom is 0.330 e. The molecule has 1 aromatic heterocycles. The van der Waals surface area contributed by atoms with E-state index in [0.717, 1.165) is 10.5 Å². The fourth-order valence-corrected chi connectivity index (χ4v) is 4.14. The van der Waals surface area contributed by atoms with Crippen LogP contribution in [-0.4, -0.2) is 47.4 Å². The van der Waals surface area contributed by atoms with E-state index in [9.17, 15) is 19.2 Å². The molecule has 0 saturated carbocycles. The number of amides is 2. The molecule has 0 saturated heterocycles. The van der Waals surface area contributed by atoms with Crippen molar-refractivity contribution in [2.45, 2.75) is 18.4 Å². The van der Waals surface area contributed by atoms with Crippen LogP contribution in [0.15, 0.2) is 69.1 Å². The molecule has 0 unspecified atom stereocenters. The van der Waals surface area contributed by atoms with Crippen LogP contribution in [0.1, 0.15) is 12.5 Å². The minimum Gasteiger partial charge on any atom is -0.383 e. The van der Waals surface area contributed by atoms with Gasteiger partial charge in [-0.05, 0) is 29.8 Å². The number of anilines is 3. The average Bonchev–Trinajstić information content (AvgIpc) is 2.83. The molecule has 0 fully saturated rings. The largest absolute Gasteiger partial charge is 0.383 e. The molecule has 2 aromatic carbocycles. The number of nitrogens with two attached hydrogens (primary N) is 1. The van der Waals surface area contributed by atoms with Gasteiger partial charge in [0.05, 0.1) is 18.9 Å². The van der Waals surface area contributed by atoms with E-state index in [1.54, 1.807) is 24.3 Å². The van der Waals surface area contributed by atoms with Crippen molar-refractivity contribution < 1.29 is 14.3 Å². The summed E-state index contributed by atoms with van der Waals surface area (Å²) in [6.45, 7) is 1.80. The Morgan fingerprint density at radius 3 is 2.43 bits per heavy atom. The number of carbonyl (C=O) groups excluding carboxylic acids is 2. The lowest BCUT2D eigenvalue weighted by molar-refractivity contribution is -0.116. The van der Waals surface area contributed by atoms with Crippen LogP contribution in [-0.2, 0) is 20.9 Å². The molecule has 0 spiro atoms. The fourth-order valence-electron chi connectivity index (χ4n) is 3.37. The van der Waals surface area contributed by atoms with Crippen LogP contribution in [0.25, 0.3) is 0 Å². The first-order chi connectivity index (χ1) is 16.8. The molecule has 10 nitrogen and oxygen atoms in total. The second-order valence-corrected chi connectivity index (χ2v) is 8.65. The van der Waals surface area contributed by atoms with Crippen molar-refractivity contribution in [3.8, 4) is 0 Å². The zero-order valence-electron chi connectivity index (χ0n) is 19.4. The normalized spacial score (nSPS) is 10.7. The van der Waals surface area contributed by atoms with Crippen LogP contribution in [0.4, 0.5) is 17.2 Å². The summed E-state index contributed by atoms with van der Waals surface area (Å²) in [5, 5.41) is 2.68. The molecule has 0 radical (unpaired) electrons. The first-order valence-corrected chi connectivity index (χ1v) is 11.7. The van der Waals surface area contributed by atoms with Gasteiger partial charge in [-0.2, -0.15) is 0 Å². The number of aromatic nitrogens is 2. The van der Waals surface area contributed by atoms with E-state index in [2.05, 4.69) is 10.3 Å². The molecular weight excluding hydrogens is 470 g/mol. The molecule has 0 atom stereocenters. The minimum absolute atomic E-state index is 0.0138. The fraction of sp³-hybridized carbons (Fsp3) is 0.250. The first kappa shape index (κ1) is 25.8.